The van der Waals surface area contributed by atoms with Crippen molar-refractivity contribution in [3.05, 3.63) is 54.5 Å². The second-order valence-corrected chi connectivity index (χ2v) is 5.59. The standard InChI is InChI=1S/C17H16N2O4/c1-2-18-16(20)13-14(12-9-6-10-22-12)19(23-15(13)17(18)21)11-7-4-3-5-8-11/h3-10,13-15H,2H2,1H3. The van der Waals surface area contributed by atoms with Crippen molar-refractivity contribution in [3.63, 3.8) is 0 Å². The number of amides is 2. The van der Waals surface area contributed by atoms with Crippen LogP contribution in [-0.2, 0) is 14.4 Å². The topological polar surface area (TPSA) is 63.0 Å². The second-order valence-electron chi connectivity index (χ2n) is 5.59. The van der Waals surface area contributed by atoms with E-state index in [2.05, 4.69) is 0 Å². The zero-order valence-electron chi connectivity index (χ0n) is 12.6. The molecule has 3 atom stereocenters. The van der Waals surface area contributed by atoms with E-state index >= 15 is 0 Å². The van der Waals surface area contributed by atoms with E-state index in [1.54, 1.807) is 30.4 Å². The quantitative estimate of drug-likeness (QED) is 0.813. The Labute approximate surface area is 133 Å². The molecule has 1 aromatic carbocycles. The van der Waals surface area contributed by atoms with Crippen LogP contribution in [-0.4, -0.2) is 29.4 Å². The molecule has 2 aliphatic heterocycles. The van der Waals surface area contributed by atoms with Gasteiger partial charge in [-0.1, -0.05) is 18.2 Å². The fourth-order valence-electron chi connectivity index (χ4n) is 3.33. The Morgan fingerprint density at radius 1 is 1.04 bits per heavy atom. The van der Waals surface area contributed by atoms with Crippen molar-refractivity contribution >= 4 is 17.5 Å². The average Bonchev–Trinajstić information content (AvgIpc) is 3.27. The number of benzene rings is 1. The summed E-state index contributed by atoms with van der Waals surface area (Å²) in [6.45, 7) is 2.14. The minimum atomic E-state index is -0.794. The first-order valence-corrected chi connectivity index (χ1v) is 7.62. The van der Waals surface area contributed by atoms with Gasteiger partial charge in [0.05, 0.1) is 12.0 Å². The fraction of sp³-hybridized carbons (Fsp3) is 0.294. The number of hydroxylamine groups is 1. The monoisotopic (exact) mass is 312 g/mol. The van der Waals surface area contributed by atoms with Crippen LogP contribution in [0.25, 0.3) is 0 Å². The Kier molecular flexibility index (Phi) is 3.20. The number of carbonyl (C=O) groups excluding carboxylic acids is 2. The minimum absolute atomic E-state index is 0.206. The summed E-state index contributed by atoms with van der Waals surface area (Å²) in [6, 6.07) is 12.5. The number of likely N-dealkylation sites (N-methyl/N-ethyl adjacent to an activating group) is 1. The Morgan fingerprint density at radius 2 is 1.83 bits per heavy atom. The average molecular weight is 312 g/mol. The van der Waals surface area contributed by atoms with Gasteiger partial charge in [-0.25, -0.2) is 5.06 Å². The van der Waals surface area contributed by atoms with E-state index in [9.17, 15) is 9.59 Å². The normalized spacial score (nSPS) is 26.9. The molecule has 3 heterocycles. The molecule has 2 aliphatic rings. The lowest BCUT2D eigenvalue weighted by Crippen LogP contribution is -2.37. The van der Waals surface area contributed by atoms with Crippen LogP contribution in [0.1, 0.15) is 18.7 Å². The summed E-state index contributed by atoms with van der Waals surface area (Å²) in [7, 11) is 0. The summed E-state index contributed by atoms with van der Waals surface area (Å²) in [5.74, 6) is -0.464. The van der Waals surface area contributed by atoms with Gasteiger partial charge < -0.3 is 4.42 Å². The number of fused-ring (bicyclic) bond motifs is 1. The van der Waals surface area contributed by atoms with Gasteiger partial charge in [-0.05, 0) is 31.2 Å². The molecule has 2 fully saturated rings. The van der Waals surface area contributed by atoms with E-state index in [1.807, 2.05) is 30.3 Å². The fourth-order valence-corrected chi connectivity index (χ4v) is 3.33. The number of hydrogen-bond donors (Lipinski definition) is 0. The molecule has 0 saturated carbocycles. The van der Waals surface area contributed by atoms with Gasteiger partial charge in [0.25, 0.3) is 5.91 Å². The largest absolute Gasteiger partial charge is 0.467 e. The molecule has 4 rings (SSSR count). The van der Waals surface area contributed by atoms with Gasteiger partial charge >= 0.3 is 0 Å². The second kappa shape index (κ2) is 5.24. The molecule has 23 heavy (non-hydrogen) atoms. The first-order chi connectivity index (χ1) is 11.2. The van der Waals surface area contributed by atoms with Crippen molar-refractivity contribution in [1.29, 1.82) is 0 Å². The summed E-state index contributed by atoms with van der Waals surface area (Å²) in [5.41, 5.74) is 0.784. The van der Waals surface area contributed by atoms with Gasteiger partial charge in [-0.2, -0.15) is 0 Å². The highest BCUT2D eigenvalue weighted by molar-refractivity contribution is 6.07. The maximum absolute atomic E-state index is 12.7. The maximum Gasteiger partial charge on any atom is 0.261 e. The number of para-hydroxylation sites is 1. The molecule has 6 heteroatoms. The van der Waals surface area contributed by atoms with Crippen LogP contribution in [0.3, 0.4) is 0 Å². The third-order valence-corrected chi connectivity index (χ3v) is 4.37. The van der Waals surface area contributed by atoms with Crippen molar-refractivity contribution < 1.29 is 18.8 Å². The summed E-state index contributed by atoms with van der Waals surface area (Å²) in [5, 5.41) is 1.62. The van der Waals surface area contributed by atoms with Crippen LogP contribution in [0.4, 0.5) is 5.69 Å². The Hall–Kier alpha value is -2.60. The Bertz CT molecular complexity index is 728. The minimum Gasteiger partial charge on any atom is -0.467 e. The lowest BCUT2D eigenvalue weighted by Gasteiger charge is -2.26. The van der Waals surface area contributed by atoms with E-state index in [1.165, 1.54) is 4.90 Å². The number of rotatable bonds is 3. The smallest absolute Gasteiger partial charge is 0.261 e. The molecule has 2 saturated heterocycles. The third-order valence-electron chi connectivity index (χ3n) is 4.37. The number of carbonyl (C=O) groups is 2. The summed E-state index contributed by atoms with van der Waals surface area (Å²) >= 11 is 0. The molecular weight excluding hydrogens is 296 g/mol. The molecule has 3 unspecified atom stereocenters. The van der Waals surface area contributed by atoms with Crippen LogP contribution in [0.2, 0.25) is 0 Å². The van der Waals surface area contributed by atoms with Crippen LogP contribution >= 0.6 is 0 Å². The van der Waals surface area contributed by atoms with Crippen LogP contribution in [0, 0.1) is 5.92 Å². The summed E-state index contributed by atoms with van der Waals surface area (Å²) in [6.07, 6.45) is 0.766. The number of furan rings is 1. The maximum atomic E-state index is 12.7. The van der Waals surface area contributed by atoms with Crippen LogP contribution < -0.4 is 5.06 Å². The van der Waals surface area contributed by atoms with E-state index in [-0.39, 0.29) is 11.8 Å². The predicted molar refractivity (Wildman–Crippen MR) is 81.1 cm³/mol. The lowest BCUT2D eigenvalue weighted by atomic mass is 9.94. The number of nitrogens with zero attached hydrogens (tertiary/aromatic N) is 2. The first-order valence-electron chi connectivity index (χ1n) is 7.62. The SMILES string of the molecule is CCN1C(=O)C2ON(c3ccccc3)C(c3ccco3)C2C1=O. The Morgan fingerprint density at radius 3 is 2.48 bits per heavy atom. The Balaban J connectivity index is 1.79. The van der Waals surface area contributed by atoms with Gasteiger partial charge in [0.1, 0.15) is 17.7 Å². The molecule has 0 aliphatic carbocycles. The molecule has 2 amide bonds. The number of imide groups is 1. The number of anilines is 1. The predicted octanol–water partition coefficient (Wildman–Crippen LogP) is 2.15. The van der Waals surface area contributed by atoms with Crippen molar-refractivity contribution in [2.45, 2.75) is 19.1 Å². The highest BCUT2D eigenvalue weighted by Crippen LogP contribution is 2.46. The highest BCUT2D eigenvalue weighted by atomic mass is 16.7. The van der Waals surface area contributed by atoms with Crippen molar-refractivity contribution in [2.75, 3.05) is 11.6 Å². The number of likely N-dealkylation sites (tertiary alicyclic amines) is 1. The van der Waals surface area contributed by atoms with Crippen molar-refractivity contribution in [1.82, 2.24) is 4.90 Å². The molecule has 0 bridgehead atoms. The third kappa shape index (κ3) is 1.98. The van der Waals surface area contributed by atoms with Gasteiger partial charge in [-0.3, -0.25) is 19.3 Å². The first kappa shape index (κ1) is 14.0. The van der Waals surface area contributed by atoms with Crippen molar-refractivity contribution in [3.8, 4) is 0 Å². The van der Waals surface area contributed by atoms with Crippen LogP contribution in [0.15, 0.2) is 53.1 Å². The van der Waals surface area contributed by atoms with Gasteiger partial charge in [0, 0.05) is 6.54 Å². The van der Waals surface area contributed by atoms with Gasteiger partial charge in [0.2, 0.25) is 5.91 Å². The molecule has 0 radical (unpaired) electrons. The van der Waals surface area contributed by atoms with Gasteiger partial charge in [0.15, 0.2) is 6.10 Å². The zero-order chi connectivity index (χ0) is 16.0. The van der Waals surface area contributed by atoms with E-state index < -0.39 is 18.1 Å². The molecular formula is C17H16N2O4. The molecule has 0 N–H and O–H groups in total. The highest BCUT2D eigenvalue weighted by Gasteiger charge is 2.60. The molecule has 118 valence electrons. The lowest BCUT2D eigenvalue weighted by molar-refractivity contribution is -0.142. The van der Waals surface area contributed by atoms with Crippen LogP contribution in [0.5, 0.6) is 0 Å². The zero-order valence-corrected chi connectivity index (χ0v) is 12.6. The van der Waals surface area contributed by atoms with E-state index in [0.717, 1.165) is 5.69 Å². The molecule has 2 aromatic rings. The summed E-state index contributed by atoms with van der Waals surface area (Å²) in [4.78, 5) is 32.3. The number of hydrogen-bond acceptors (Lipinski definition) is 5. The van der Waals surface area contributed by atoms with E-state index in [4.69, 9.17) is 9.25 Å². The molecule has 6 nitrogen and oxygen atoms in total. The van der Waals surface area contributed by atoms with E-state index in [0.29, 0.717) is 12.3 Å². The molecule has 1 aromatic heterocycles. The van der Waals surface area contributed by atoms with Crippen molar-refractivity contribution in [2.24, 2.45) is 5.92 Å². The van der Waals surface area contributed by atoms with Gasteiger partial charge in [-0.15, -0.1) is 0 Å². The summed E-state index contributed by atoms with van der Waals surface area (Å²) < 4.78 is 5.53. The molecule has 0 spiro atoms.